The highest BCUT2D eigenvalue weighted by Crippen LogP contribution is 2.49. The largest absolute Gasteiger partial charge is 0.507 e. The molecule has 2 amide bonds. The summed E-state index contributed by atoms with van der Waals surface area (Å²) in [6, 6.07) is 6.28. The number of ketones is 1. The summed E-state index contributed by atoms with van der Waals surface area (Å²) in [4.78, 5) is 68.1. The lowest BCUT2D eigenvalue weighted by molar-refractivity contribution is -0.143. The van der Waals surface area contributed by atoms with Crippen LogP contribution in [-0.2, 0) is 19.9 Å². The van der Waals surface area contributed by atoms with E-state index >= 15 is 0 Å². The van der Waals surface area contributed by atoms with E-state index in [0.717, 1.165) is 10.5 Å². The van der Waals surface area contributed by atoms with E-state index in [9.17, 15) is 34.2 Å². The Morgan fingerprint density at radius 1 is 1.07 bits per heavy atom. The standard InChI is InChI=1S/C19H16N4O7/c1-8-2-4-9(5-3-8)12(25)10-13(26)16(28)23(6-7-24)19(10)11-14(20-17(19)29)21-18(30)22-15(11)27/h2-5,24-25H,6-7H2,1H3,(H3,20,21,22,27,29,30)/b12-10-. The number of H-pyrrole nitrogens is 2. The first-order valence-electron chi connectivity index (χ1n) is 8.90. The van der Waals surface area contributed by atoms with Crippen molar-refractivity contribution in [2.75, 3.05) is 18.5 Å². The smallest absolute Gasteiger partial charge is 0.327 e. The van der Waals surface area contributed by atoms with Gasteiger partial charge in [0.15, 0.2) is 5.54 Å². The highest BCUT2D eigenvalue weighted by Gasteiger charge is 2.66. The molecule has 1 atom stereocenters. The third kappa shape index (κ3) is 2.38. The molecule has 1 unspecified atom stereocenters. The number of likely N-dealkylation sites (tertiary alicyclic amines) is 1. The van der Waals surface area contributed by atoms with Gasteiger partial charge in [0.05, 0.1) is 17.7 Å². The van der Waals surface area contributed by atoms with Gasteiger partial charge in [-0.2, -0.15) is 0 Å². The highest BCUT2D eigenvalue weighted by molar-refractivity contribution is 6.49. The number of β-amino-alcohol motifs (C(OH)–C–C–N with tert-alkyl or cyclic N) is 1. The van der Waals surface area contributed by atoms with Crippen molar-refractivity contribution in [3.05, 3.63) is 67.4 Å². The number of aromatic amines is 2. The molecule has 11 nitrogen and oxygen atoms in total. The van der Waals surface area contributed by atoms with E-state index in [-0.39, 0.29) is 11.4 Å². The number of aliphatic hydroxyl groups is 2. The van der Waals surface area contributed by atoms with Crippen molar-refractivity contribution in [3.63, 3.8) is 0 Å². The van der Waals surface area contributed by atoms with E-state index in [4.69, 9.17) is 0 Å². The fraction of sp³-hybridized carbons (Fsp3) is 0.211. The number of aryl methyl sites for hydroxylation is 1. The maximum Gasteiger partial charge on any atom is 0.327 e. The number of benzene rings is 1. The lowest BCUT2D eigenvalue weighted by Gasteiger charge is -2.32. The quantitative estimate of drug-likeness (QED) is 0.241. The van der Waals surface area contributed by atoms with Crippen LogP contribution in [0, 0.1) is 6.92 Å². The number of anilines is 1. The number of carbonyl (C=O) groups excluding carboxylic acids is 3. The summed E-state index contributed by atoms with van der Waals surface area (Å²) in [5, 5.41) is 22.7. The van der Waals surface area contributed by atoms with Crippen molar-refractivity contribution in [3.8, 4) is 0 Å². The first-order chi connectivity index (χ1) is 14.2. The van der Waals surface area contributed by atoms with Crippen molar-refractivity contribution >= 4 is 29.2 Å². The van der Waals surface area contributed by atoms with Crippen LogP contribution in [0.4, 0.5) is 5.82 Å². The Morgan fingerprint density at radius 3 is 2.37 bits per heavy atom. The SMILES string of the molecule is Cc1ccc(/C(O)=C2\C(=O)C(=O)N(CCO)C23C(=O)Nc2[nH]c(=O)[nH]c(=O)c23)cc1. The number of amides is 2. The zero-order valence-corrected chi connectivity index (χ0v) is 15.6. The summed E-state index contributed by atoms with van der Waals surface area (Å²) in [5.74, 6) is -4.33. The number of nitrogens with one attached hydrogen (secondary N) is 3. The Balaban J connectivity index is 2.13. The molecular weight excluding hydrogens is 396 g/mol. The number of fused-ring (bicyclic) bond motifs is 2. The summed E-state index contributed by atoms with van der Waals surface area (Å²) in [6.45, 7) is 0.711. The lowest BCUT2D eigenvalue weighted by atomic mass is 9.83. The van der Waals surface area contributed by atoms with Gasteiger partial charge < -0.3 is 20.4 Å². The first-order valence-corrected chi connectivity index (χ1v) is 8.90. The van der Waals surface area contributed by atoms with Crippen molar-refractivity contribution in [2.45, 2.75) is 12.5 Å². The molecule has 1 saturated heterocycles. The number of Topliss-reactive ketones (excluding diaryl/α,β-unsaturated/α-hetero) is 1. The van der Waals surface area contributed by atoms with Gasteiger partial charge in [-0.15, -0.1) is 0 Å². The van der Waals surface area contributed by atoms with Gasteiger partial charge in [0.2, 0.25) is 0 Å². The molecule has 1 spiro atoms. The monoisotopic (exact) mass is 412 g/mol. The van der Waals surface area contributed by atoms with Crippen LogP contribution in [0.1, 0.15) is 16.7 Å². The molecule has 0 radical (unpaired) electrons. The zero-order valence-electron chi connectivity index (χ0n) is 15.6. The average Bonchev–Trinajstić information content (AvgIpc) is 3.09. The Kier molecular flexibility index (Phi) is 4.20. The molecule has 3 heterocycles. The zero-order chi connectivity index (χ0) is 21.8. The minimum atomic E-state index is -2.35. The first kappa shape index (κ1) is 19.3. The van der Waals surface area contributed by atoms with E-state index in [0.29, 0.717) is 0 Å². The molecule has 11 heteroatoms. The van der Waals surface area contributed by atoms with Gasteiger partial charge in [-0.1, -0.05) is 29.8 Å². The van der Waals surface area contributed by atoms with Gasteiger partial charge in [0.1, 0.15) is 11.6 Å². The second kappa shape index (κ2) is 6.52. The Hall–Kier alpha value is -3.99. The van der Waals surface area contributed by atoms with Crippen molar-refractivity contribution in [1.29, 1.82) is 0 Å². The molecular formula is C19H16N4O7. The number of aromatic nitrogens is 2. The highest BCUT2D eigenvalue weighted by atomic mass is 16.3. The molecule has 154 valence electrons. The molecule has 30 heavy (non-hydrogen) atoms. The van der Waals surface area contributed by atoms with Crippen LogP contribution in [0.15, 0.2) is 39.4 Å². The summed E-state index contributed by atoms with van der Waals surface area (Å²) in [6.07, 6.45) is 0. The summed E-state index contributed by atoms with van der Waals surface area (Å²) in [5.41, 5.74) is -4.32. The van der Waals surface area contributed by atoms with E-state index in [2.05, 4.69) is 10.3 Å². The van der Waals surface area contributed by atoms with Crippen LogP contribution in [0.3, 0.4) is 0 Å². The minimum Gasteiger partial charge on any atom is -0.507 e. The van der Waals surface area contributed by atoms with Gasteiger partial charge in [-0.25, -0.2) is 4.79 Å². The van der Waals surface area contributed by atoms with Gasteiger partial charge in [0, 0.05) is 12.1 Å². The summed E-state index contributed by atoms with van der Waals surface area (Å²) >= 11 is 0. The summed E-state index contributed by atoms with van der Waals surface area (Å²) in [7, 11) is 0. The molecule has 1 fully saturated rings. The van der Waals surface area contributed by atoms with Crippen LogP contribution in [0.2, 0.25) is 0 Å². The second-order valence-electron chi connectivity index (χ2n) is 6.92. The minimum absolute atomic E-state index is 0.143. The predicted molar refractivity (Wildman–Crippen MR) is 103 cm³/mol. The third-order valence-corrected chi connectivity index (χ3v) is 5.19. The van der Waals surface area contributed by atoms with Gasteiger partial charge >= 0.3 is 5.69 Å². The molecule has 2 aliphatic rings. The van der Waals surface area contributed by atoms with Crippen LogP contribution < -0.4 is 16.6 Å². The maximum atomic E-state index is 13.1. The Bertz CT molecular complexity index is 1250. The van der Waals surface area contributed by atoms with Crippen molar-refractivity contribution < 1.29 is 24.6 Å². The Morgan fingerprint density at radius 2 is 1.73 bits per heavy atom. The molecule has 5 N–H and O–H groups in total. The number of nitrogens with zero attached hydrogens (tertiary/aromatic N) is 1. The lowest BCUT2D eigenvalue weighted by Crippen LogP contribution is -2.52. The van der Waals surface area contributed by atoms with Crippen molar-refractivity contribution in [1.82, 2.24) is 14.9 Å². The van der Waals surface area contributed by atoms with Crippen LogP contribution in [-0.4, -0.2) is 55.8 Å². The number of hydrogen-bond donors (Lipinski definition) is 5. The predicted octanol–water partition coefficient (Wildman–Crippen LogP) is -1.11. The van der Waals surface area contributed by atoms with Crippen molar-refractivity contribution in [2.24, 2.45) is 0 Å². The summed E-state index contributed by atoms with van der Waals surface area (Å²) < 4.78 is 0. The van der Waals surface area contributed by atoms with E-state index in [1.165, 1.54) is 12.1 Å². The number of carbonyl (C=O) groups is 3. The number of rotatable bonds is 3. The molecule has 0 bridgehead atoms. The normalized spacial score (nSPS) is 21.9. The second-order valence-corrected chi connectivity index (χ2v) is 6.92. The van der Waals surface area contributed by atoms with Gasteiger partial charge in [-0.3, -0.25) is 29.1 Å². The average molecular weight is 412 g/mol. The fourth-order valence-electron chi connectivity index (χ4n) is 3.92. The van der Waals surface area contributed by atoms with E-state index in [1.54, 1.807) is 19.1 Å². The molecule has 1 aromatic carbocycles. The molecule has 2 aromatic rings. The third-order valence-electron chi connectivity index (χ3n) is 5.19. The number of hydrogen-bond acceptors (Lipinski definition) is 7. The fourth-order valence-corrected chi connectivity index (χ4v) is 3.92. The molecule has 0 aliphatic carbocycles. The van der Waals surface area contributed by atoms with Crippen LogP contribution >= 0.6 is 0 Å². The number of aliphatic hydroxyl groups excluding tert-OH is 2. The molecule has 1 aromatic heterocycles. The van der Waals surface area contributed by atoms with Crippen LogP contribution in [0.25, 0.3) is 5.76 Å². The molecule has 4 rings (SSSR count). The van der Waals surface area contributed by atoms with E-state index < -0.39 is 64.4 Å². The maximum absolute atomic E-state index is 13.1. The Labute approximate surface area is 167 Å². The van der Waals surface area contributed by atoms with Gasteiger partial charge in [-0.05, 0) is 6.92 Å². The molecule has 0 saturated carbocycles. The van der Waals surface area contributed by atoms with Crippen LogP contribution in [0.5, 0.6) is 0 Å². The van der Waals surface area contributed by atoms with E-state index in [1.807, 2.05) is 4.98 Å². The molecule has 2 aliphatic heterocycles. The van der Waals surface area contributed by atoms with Gasteiger partial charge in [0.25, 0.3) is 23.2 Å². The topological polar surface area (TPSA) is 173 Å².